The Bertz CT molecular complexity index is 853. The predicted octanol–water partition coefficient (Wildman–Crippen LogP) is 2.49. The van der Waals surface area contributed by atoms with Crippen molar-refractivity contribution in [2.45, 2.75) is 6.54 Å². The maximum atomic E-state index is 12.8. The van der Waals surface area contributed by atoms with Gasteiger partial charge in [0, 0.05) is 19.3 Å². The van der Waals surface area contributed by atoms with Crippen molar-refractivity contribution in [3.05, 3.63) is 58.9 Å². The van der Waals surface area contributed by atoms with Crippen LogP contribution in [0.15, 0.2) is 53.5 Å². The molecule has 4 rings (SSSR count). The summed E-state index contributed by atoms with van der Waals surface area (Å²) in [6.45, 7) is 1.66. The molecule has 4 heteroatoms. The van der Waals surface area contributed by atoms with Gasteiger partial charge in [-0.25, -0.2) is 4.98 Å². The van der Waals surface area contributed by atoms with Gasteiger partial charge >= 0.3 is 0 Å². The Kier molecular flexibility index (Phi) is 2.36. The molecule has 1 aliphatic rings. The van der Waals surface area contributed by atoms with Crippen LogP contribution in [0.4, 0.5) is 5.82 Å². The second-order valence-electron chi connectivity index (χ2n) is 4.87. The van der Waals surface area contributed by atoms with Gasteiger partial charge in [-0.2, -0.15) is 0 Å². The minimum atomic E-state index is 0.0416. The maximum Gasteiger partial charge on any atom is 0.201 e. The second-order valence-corrected chi connectivity index (χ2v) is 4.87. The fourth-order valence-corrected chi connectivity index (χ4v) is 2.83. The Morgan fingerprint density at radius 3 is 2.80 bits per heavy atom. The molecule has 20 heavy (non-hydrogen) atoms. The molecule has 0 atom stereocenters. The van der Waals surface area contributed by atoms with Gasteiger partial charge in [0.05, 0.1) is 10.9 Å². The molecule has 0 radical (unpaired) electrons. The number of hydrogen-bond donors (Lipinski definition) is 1. The van der Waals surface area contributed by atoms with E-state index in [1.165, 1.54) is 0 Å². The van der Waals surface area contributed by atoms with E-state index in [-0.39, 0.29) is 5.43 Å². The van der Waals surface area contributed by atoms with Gasteiger partial charge in [-0.05, 0) is 17.7 Å². The van der Waals surface area contributed by atoms with E-state index in [4.69, 9.17) is 0 Å². The summed E-state index contributed by atoms with van der Waals surface area (Å²) in [7, 11) is 0. The maximum absolute atomic E-state index is 12.8. The molecule has 1 N–H and O–H groups in total. The van der Waals surface area contributed by atoms with Crippen LogP contribution in [0, 0.1) is 0 Å². The number of nitrogens with one attached hydrogen (secondary N) is 1. The molecule has 98 valence electrons. The molecule has 3 aromatic rings. The van der Waals surface area contributed by atoms with Crippen molar-refractivity contribution in [2.75, 3.05) is 11.9 Å². The average Bonchev–Trinajstić information content (AvgIpc) is 2.98. The molecule has 1 aromatic carbocycles. The number of fused-ring (bicyclic) bond motifs is 3. The van der Waals surface area contributed by atoms with E-state index in [2.05, 4.69) is 14.9 Å². The third-order valence-electron chi connectivity index (χ3n) is 3.71. The van der Waals surface area contributed by atoms with Gasteiger partial charge in [-0.1, -0.05) is 30.3 Å². The summed E-state index contributed by atoms with van der Waals surface area (Å²) < 4.78 is 2.10. The lowest BCUT2D eigenvalue weighted by atomic mass is 10.0. The number of pyridine rings is 2. The standard InChI is InChI=1S/C16H13N3O/c20-14-12-7-4-8-17-15(12)19-10-9-18-16(19)13(14)11-5-2-1-3-6-11/h1-8,18H,9-10H2. The molecule has 4 nitrogen and oxygen atoms in total. The zero-order chi connectivity index (χ0) is 13.5. The van der Waals surface area contributed by atoms with Gasteiger partial charge in [0.1, 0.15) is 11.5 Å². The number of aromatic nitrogens is 2. The van der Waals surface area contributed by atoms with Crippen molar-refractivity contribution in [3.63, 3.8) is 0 Å². The van der Waals surface area contributed by atoms with Gasteiger partial charge in [0.15, 0.2) is 0 Å². The van der Waals surface area contributed by atoms with Crippen molar-refractivity contribution in [3.8, 4) is 11.1 Å². The van der Waals surface area contributed by atoms with Gasteiger partial charge in [-0.15, -0.1) is 0 Å². The summed E-state index contributed by atoms with van der Waals surface area (Å²) in [4.78, 5) is 17.2. The Hall–Kier alpha value is -2.62. The lowest BCUT2D eigenvalue weighted by molar-refractivity contribution is 0.823. The van der Waals surface area contributed by atoms with Crippen molar-refractivity contribution >= 4 is 16.9 Å². The molecule has 3 heterocycles. The largest absolute Gasteiger partial charge is 0.369 e. The van der Waals surface area contributed by atoms with E-state index < -0.39 is 0 Å². The van der Waals surface area contributed by atoms with E-state index in [0.29, 0.717) is 5.39 Å². The zero-order valence-electron chi connectivity index (χ0n) is 10.8. The van der Waals surface area contributed by atoms with Crippen LogP contribution in [0.3, 0.4) is 0 Å². The molecule has 0 saturated carbocycles. The van der Waals surface area contributed by atoms with E-state index in [9.17, 15) is 4.79 Å². The Labute approximate surface area is 115 Å². The first-order valence-corrected chi connectivity index (χ1v) is 6.67. The summed E-state index contributed by atoms with van der Waals surface area (Å²) >= 11 is 0. The lowest BCUT2D eigenvalue weighted by Gasteiger charge is -2.12. The highest BCUT2D eigenvalue weighted by Crippen LogP contribution is 2.30. The van der Waals surface area contributed by atoms with Crippen molar-refractivity contribution < 1.29 is 0 Å². The first kappa shape index (κ1) is 11.2. The van der Waals surface area contributed by atoms with E-state index >= 15 is 0 Å². The van der Waals surface area contributed by atoms with E-state index in [1.54, 1.807) is 6.20 Å². The Morgan fingerprint density at radius 2 is 1.95 bits per heavy atom. The Morgan fingerprint density at radius 1 is 1.10 bits per heavy atom. The molecule has 0 fully saturated rings. The van der Waals surface area contributed by atoms with Crippen LogP contribution in [0.25, 0.3) is 22.2 Å². The van der Waals surface area contributed by atoms with Crippen LogP contribution < -0.4 is 10.7 Å². The summed E-state index contributed by atoms with van der Waals surface area (Å²) in [6.07, 6.45) is 1.73. The Balaban J connectivity index is 2.17. The molecule has 0 amide bonds. The van der Waals surface area contributed by atoms with Gasteiger partial charge in [-0.3, -0.25) is 4.79 Å². The molecular weight excluding hydrogens is 250 g/mol. The smallest absolute Gasteiger partial charge is 0.201 e. The first-order chi connectivity index (χ1) is 9.86. The van der Waals surface area contributed by atoms with Crippen LogP contribution in [-0.2, 0) is 6.54 Å². The number of nitrogens with zero attached hydrogens (tertiary/aromatic N) is 2. The van der Waals surface area contributed by atoms with Crippen LogP contribution >= 0.6 is 0 Å². The van der Waals surface area contributed by atoms with Gasteiger partial charge in [0.2, 0.25) is 5.43 Å². The second kappa shape index (κ2) is 4.20. The minimum absolute atomic E-state index is 0.0416. The van der Waals surface area contributed by atoms with E-state index in [1.807, 2.05) is 42.5 Å². The molecular formula is C16H13N3O. The van der Waals surface area contributed by atoms with Crippen LogP contribution in [0.5, 0.6) is 0 Å². The summed E-state index contributed by atoms with van der Waals surface area (Å²) in [6, 6.07) is 13.5. The molecule has 2 aromatic heterocycles. The molecule has 0 unspecified atom stereocenters. The zero-order valence-corrected chi connectivity index (χ0v) is 10.8. The third kappa shape index (κ3) is 1.48. The van der Waals surface area contributed by atoms with Crippen molar-refractivity contribution in [2.24, 2.45) is 0 Å². The monoisotopic (exact) mass is 263 g/mol. The number of hydrogen-bond acceptors (Lipinski definition) is 3. The number of anilines is 1. The quantitative estimate of drug-likeness (QED) is 0.733. The normalized spacial score (nSPS) is 13.2. The average molecular weight is 263 g/mol. The van der Waals surface area contributed by atoms with Gasteiger partial charge in [0.25, 0.3) is 0 Å². The molecule has 0 aliphatic carbocycles. The topological polar surface area (TPSA) is 46.9 Å². The highest BCUT2D eigenvalue weighted by Gasteiger charge is 2.21. The van der Waals surface area contributed by atoms with Gasteiger partial charge < -0.3 is 9.88 Å². The number of rotatable bonds is 1. The molecule has 0 spiro atoms. The highest BCUT2D eigenvalue weighted by molar-refractivity contribution is 5.88. The highest BCUT2D eigenvalue weighted by atomic mass is 16.1. The lowest BCUT2D eigenvalue weighted by Crippen LogP contribution is -2.13. The third-order valence-corrected chi connectivity index (χ3v) is 3.71. The fourth-order valence-electron chi connectivity index (χ4n) is 2.83. The molecule has 0 bridgehead atoms. The molecule has 1 aliphatic heterocycles. The minimum Gasteiger partial charge on any atom is -0.369 e. The fraction of sp³-hybridized carbons (Fsp3) is 0.125. The summed E-state index contributed by atoms with van der Waals surface area (Å²) in [5.41, 5.74) is 2.49. The van der Waals surface area contributed by atoms with E-state index in [0.717, 1.165) is 35.7 Å². The van der Waals surface area contributed by atoms with Crippen LogP contribution in [0.1, 0.15) is 0 Å². The summed E-state index contributed by atoms with van der Waals surface area (Å²) in [5.74, 6) is 0.882. The number of benzene rings is 1. The van der Waals surface area contributed by atoms with Crippen molar-refractivity contribution in [1.82, 2.24) is 9.55 Å². The van der Waals surface area contributed by atoms with Crippen LogP contribution in [-0.4, -0.2) is 16.1 Å². The van der Waals surface area contributed by atoms with Crippen LogP contribution in [0.2, 0.25) is 0 Å². The first-order valence-electron chi connectivity index (χ1n) is 6.67. The molecule has 0 saturated heterocycles. The SMILES string of the molecule is O=c1c(-c2ccccc2)c2n(c3ncccc13)CCN2. The summed E-state index contributed by atoms with van der Waals surface area (Å²) in [5, 5.41) is 4.00. The predicted molar refractivity (Wildman–Crippen MR) is 79.9 cm³/mol. The van der Waals surface area contributed by atoms with Crippen molar-refractivity contribution in [1.29, 1.82) is 0 Å².